The predicted molar refractivity (Wildman–Crippen MR) is 64.5 cm³/mol. The second-order valence-corrected chi connectivity index (χ2v) is 3.66. The molecule has 4 heteroatoms. The van der Waals surface area contributed by atoms with Crippen molar-refractivity contribution < 1.29 is 9.53 Å². The SMILES string of the molecule is COC(=O)C(N)=Cc1cc(C)c(N)c(C)c1. The molecular weight excluding hydrogens is 204 g/mol. The summed E-state index contributed by atoms with van der Waals surface area (Å²) in [6, 6.07) is 3.75. The highest BCUT2D eigenvalue weighted by molar-refractivity contribution is 5.92. The van der Waals surface area contributed by atoms with Crippen molar-refractivity contribution in [3.63, 3.8) is 0 Å². The van der Waals surface area contributed by atoms with Gasteiger partial charge in [0, 0.05) is 5.69 Å². The number of esters is 1. The van der Waals surface area contributed by atoms with Crippen LogP contribution < -0.4 is 11.5 Å². The third-order valence-electron chi connectivity index (χ3n) is 2.36. The van der Waals surface area contributed by atoms with E-state index in [2.05, 4.69) is 4.74 Å². The Hall–Kier alpha value is -1.97. The number of carbonyl (C=O) groups excluding carboxylic acids is 1. The zero-order valence-electron chi connectivity index (χ0n) is 9.70. The molecule has 0 radical (unpaired) electrons. The van der Waals surface area contributed by atoms with Crippen LogP contribution in [0.4, 0.5) is 5.69 Å². The zero-order valence-corrected chi connectivity index (χ0v) is 9.70. The molecule has 0 saturated carbocycles. The summed E-state index contributed by atoms with van der Waals surface area (Å²) in [6.07, 6.45) is 1.57. The zero-order chi connectivity index (χ0) is 12.3. The largest absolute Gasteiger partial charge is 0.464 e. The van der Waals surface area contributed by atoms with Crippen LogP contribution in [-0.4, -0.2) is 13.1 Å². The Labute approximate surface area is 94.9 Å². The van der Waals surface area contributed by atoms with Crippen LogP contribution >= 0.6 is 0 Å². The van der Waals surface area contributed by atoms with Crippen molar-refractivity contribution in [1.82, 2.24) is 0 Å². The van der Waals surface area contributed by atoms with E-state index in [1.54, 1.807) is 6.08 Å². The molecule has 0 amide bonds. The molecule has 86 valence electrons. The minimum Gasteiger partial charge on any atom is -0.464 e. The Morgan fingerprint density at radius 2 is 1.81 bits per heavy atom. The summed E-state index contributed by atoms with van der Waals surface area (Å²) < 4.78 is 4.51. The third-order valence-corrected chi connectivity index (χ3v) is 2.36. The molecule has 0 spiro atoms. The van der Waals surface area contributed by atoms with Gasteiger partial charge in [-0.15, -0.1) is 0 Å². The van der Waals surface area contributed by atoms with Crippen molar-refractivity contribution in [2.75, 3.05) is 12.8 Å². The van der Waals surface area contributed by atoms with Crippen molar-refractivity contribution in [2.24, 2.45) is 5.73 Å². The number of nitrogen functional groups attached to an aromatic ring is 1. The van der Waals surface area contributed by atoms with Crippen LogP contribution in [0.1, 0.15) is 16.7 Å². The monoisotopic (exact) mass is 220 g/mol. The highest BCUT2D eigenvalue weighted by Crippen LogP contribution is 2.19. The van der Waals surface area contributed by atoms with Crippen LogP contribution in [-0.2, 0) is 9.53 Å². The molecular formula is C12H16N2O2. The first kappa shape index (κ1) is 12.1. The maximum atomic E-state index is 11.1. The molecule has 0 aliphatic heterocycles. The van der Waals surface area contributed by atoms with Crippen molar-refractivity contribution >= 4 is 17.7 Å². The molecule has 1 aromatic rings. The summed E-state index contributed by atoms with van der Waals surface area (Å²) in [6.45, 7) is 3.82. The van der Waals surface area contributed by atoms with Crippen molar-refractivity contribution in [3.05, 3.63) is 34.5 Å². The number of hydrogen-bond acceptors (Lipinski definition) is 4. The number of anilines is 1. The summed E-state index contributed by atoms with van der Waals surface area (Å²) >= 11 is 0. The molecule has 1 rings (SSSR count). The van der Waals surface area contributed by atoms with Gasteiger partial charge in [-0.3, -0.25) is 0 Å². The second kappa shape index (κ2) is 4.70. The molecule has 0 aliphatic rings. The number of ether oxygens (including phenoxy) is 1. The summed E-state index contributed by atoms with van der Waals surface area (Å²) in [7, 11) is 1.29. The Balaban J connectivity index is 3.12. The van der Waals surface area contributed by atoms with Crippen molar-refractivity contribution in [2.45, 2.75) is 13.8 Å². The lowest BCUT2D eigenvalue weighted by Gasteiger charge is -2.06. The van der Waals surface area contributed by atoms with Gasteiger partial charge in [0.1, 0.15) is 5.70 Å². The molecule has 4 N–H and O–H groups in total. The normalized spacial score (nSPS) is 11.3. The van der Waals surface area contributed by atoms with E-state index in [0.717, 1.165) is 22.4 Å². The molecule has 4 nitrogen and oxygen atoms in total. The highest BCUT2D eigenvalue weighted by Gasteiger charge is 2.05. The smallest absolute Gasteiger partial charge is 0.353 e. The molecule has 0 saturated heterocycles. The third kappa shape index (κ3) is 2.53. The highest BCUT2D eigenvalue weighted by atomic mass is 16.5. The lowest BCUT2D eigenvalue weighted by Crippen LogP contribution is -2.12. The molecule has 0 heterocycles. The maximum Gasteiger partial charge on any atom is 0.353 e. The van der Waals surface area contributed by atoms with E-state index >= 15 is 0 Å². The minimum absolute atomic E-state index is 0.0751. The first-order valence-electron chi connectivity index (χ1n) is 4.88. The number of nitrogens with two attached hydrogens (primary N) is 2. The van der Waals surface area contributed by atoms with Gasteiger partial charge >= 0.3 is 5.97 Å². The molecule has 16 heavy (non-hydrogen) atoms. The lowest BCUT2D eigenvalue weighted by molar-refractivity contribution is -0.136. The molecule has 0 bridgehead atoms. The Morgan fingerprint density at radius 1 is 1.31 bits per heavy atom. The quantitative estimate of drug-likeness (QED) is 0.448. The Kier molecular flexibility index (Phi) is 3.55. The second-order valence-electron chi connectivity index (χ2n) is 3.66. The fraction of sp³-hybridized carbons (Fsp3) is 0.250. The van der Waals surface area contributed by atoms with Gasteiger partial charge in [0.25, 0.3) is 0 Å². The Bertz CT molecular complexity index is 427. The number of aryl methyl sites for hydroxylation is 2. The molecule has 0 atom stereocenters. The van der Waals surface area contributed by atoms with E-state index in [0.29, 0.717) is 0 Å². The number of rotatable bonds is 2. The first-order valence-corrected chi connectivity index (χ1v) is 4.88. The standard InChI is InChI=1S/C12H16N2O2/c1-7-4-9(5-8(2)11(7)14)6-10(13)12(15)16-3/h4-6H,13-14H2,1-3H3. The van der Waals surface area contributed by atoms with Gasteiger partial charge in [-0.25, -0.2) is 4.79 Å². The summed E-state index contributed by atoms with van der Waals surface area (Å²) in [5.41, 5.74) is 15.0. The molecule has 0 aromatic heterocycles. The van der Waals surface area contributed by atoms with Gasteiger partial charge < -0.3 is 16.2 Å². The summed E-state index contributed by atoms with van der Waals surface area (Å²) in [5.74, 6) is -0.535. The number of methoxy groups -OCH3 is 1. The van der Waals surface area contributed by atoms with Crippen LogP contribution in [0.3, 0.4) is 0 Å². The summed E-state index contributed by atoms with van der Waals surface area (Å²) in [5, 5.41) is 0. The molecule has 0 unspecified atom stereocenters. The molecule has 0 aliphatic carbocycles. The van der Waals surface area contributed by atoms with Gasteiger partial charge in [-0.2, -0.15) is 0 Å². The number of carbonyl (C=O) groups is 1. The maximum absolute atomic E-state index is 11.1. The van der Waals surface area contributed by atoms with Crippen LogP contribution in [0, 0.1) is 13.8 Å². The average molecular weight is 220 g/mol. The molecule has 1 aromatic carbocycles. The van der Waals surface area contributed by atoms with Crippen LogP contribution in [0.15, 0.2) is 17.8 Å². The van der Waals surface area contributed by atoms with Gasteiger partial charge in [-0.05, 0) is 48.7 Å². The topological polar surface area (TPSA) is 78.3 Å². The molecule has 0 fully saturated rings. The lowest BCUT2D eigenvalue weighted by atomic mass is 10.0. The average Bonchev–Trinajstić information content (AvgIpc) is 2.24. The van der Waals surface area contributed by atoms with E-state index < -0.39 is 5.97 Å². The fourth-order valence-corrected chi connectivity index (χ4v) is 1.45. The van der Waals surface area contributed by atoms with E-state index in [9.17, 15) is 4.79 Å². The predicted octanol–water partition coefficient (Wildman–Crippen LogP) is 1.36. The van der Waals surface area contributed by atoms with Crippen LogP contribution in [0.2, 0.25) is 0 Å². The first-order chi connectivity index (χ1) is 7.45. The minimum atomic E-state index is -0.535. The van der Waals surface area contributed by atoms with E-state index in [4.69, 9.17) is 11.5 Å². The van der Waals surface area contributed by atoms with Gasteiger partial charge in [0.2, 0.25) is 0 Å². The van der Waals surface area contributed by atoms with Gasteiger partial charge in [0.15, 0.2) is 0 Å². The number of benzene rings is 1. The number of hydrogen-bond donors (Lipinski definition) is 2. The van der Waals surface area contributed by atoms with Crippen molar-refractivity contribution in [3.8, 4) is 0 Å². The van der Waals surface area contributed by atoms with E-state index in [1.165, 1.54) is 7.11 Å². The Morgan fingerprint density at radius 3 is 2.25 bits per heavy atom. The summed E-state index contributed by atoms with van der Waals surface area (Å²) in [4.78, 5) is 11.1. The van der Waals surface area contributed by atoms with Gasteiger partial charge in [-0.1, -0.05) is 0 Å². The van der Waals surface area contributed by atoms with Crippen molar-refractivity contribution in [1.29, 1.82) is 0 Å². The van der Waals surface area contributed by atoms with Crippen LogP contribution in [0.5, 0.6) is 0 Å². The fourth-order valence-electron chi connectivity index (χ4n) is 1.45. The van der Waals surface area contributed by atoms with Gasteiger partial charge in [0.05, 0.1) is 7.11 Å². The van der Waals surface area contributed by atoms with Crippen LogP contribution in [0.25, 0.3) is 6.08 Å². The van der Waals surface area contributed by atoms with E-state index in [1.807, 2.05) is 26.0 Å². The van der Waals surface area contributed by atoms with E-state index in [-0.39, 0.29) is 5.70 Å².